The maximum atomic E-state index is 14.0. The third-order valence-corrected chi connectivity index (χ3v) is 6.73. The van der Waals surface area contributed by atoms with Gasteiger partial charge in [0.05, 0.1) is 54.6 Å². The van der Waals surface area contributed by atoms with Crippen molar-refractivity contribution in [3.8, 4) is 11.8 Å². The van der Waals surface area contributed by atoms with E-state index in [1.807, 2.05) is 0 Å². The Morgan fingerprint density at radius 3 is 2.46 bits per heavy atom. The lowest BCUT2D eigenvalue weighted by atomic mass is 9.88. The van der Waals surface area contributed by atoms with Gasteiger partial charge in [0.1, 0.15) is 5.82 Å². The summed E-state index contributed by atoms with van der Waals surface area (Å²) in [6.45, 7) is 0.804. The summed E-state index contributed by atoms with van der Waals surface area (Å²) in [6.07, 6.45) is -7.04. The number of amides is 1. The van der Waals surface area contributed by atoms with Crippen LogP contribution in [0.4, 0.5) is 36.4 Å². The van der Waals surface area contributed by atoms with Gasteiger partial charge in [-0.25, -0.2) is 4.39 Å². The first-order valence-electron chi connectivity index (χ1n) is 11.9. The van der Waals surface area contributed by atoms with Crippen molar-refractivity contribution in [2.75, 3.05) is 24.7 Å². The van der Waals surface area contributed by atoms with Crippen LogP contribution in [0.5, 0.6) is 0 Å². The Bertz CT molecular complexity index is 1460. The van der Waals surface area contributed by atoms with Gasteiger partial charge in [-0.05, 0) is 54.3 Å². The number of hydrogen-bond donors (Lipinski definition) is 0. The van der Waals surface area contributed by atoms with Crippen LogP contribution in [0.25, 0.3) is 0 Å². The fourth-order valence-electron chi connectivity index (χ4n) is 4.68. The normalized spacial score (nSPS) is 18.2. The Balaban J connectivity index is 1.50. The van der Waals surface area contributed by atoms with Gasteiger partial charge in [-0.3, -0.25) is 14.4 Å². The molecule has 1 fully saturated rings. The number of benzene rings is 2. The summed E-state index contributed by atoms with van der Waals surface area (Å²) in [6, 6.07) is 5.01. The van der Waals surface area contributed by atoms with Gasteiger partial charge in [-0.2, -0.15) is 31.4 Å². The van der Waals surface area contributed by atoms with Crippen molar-refractivity contribution in [2.24, 2.45) is 0 Å². The maximum absolute atomic E-state index is 14.0. The van der Waals surface area contributed by atoms with Crippen LogP contribution in [-0.2, 0) is 28.3 Å². The predicted octanol–water partition coefficient (Wildman–Crippen LogP) is 5.75. The van der Waals surface area contributed by atoms with Crippen LogP contribution in [0.1, 0.15) is 46.2 Å². The Morgan fingerprint density at radius 1 is 1.03 bits per heavy atom. The first-order valence-corrected chi connectivity index (χ1v) is 11.9. The van der Waals surface area contributed by atoms with E-state index in [-0.39, 0.29) is 37.2 Å². The summed E-state index contributed by atoms with van der Waals surface area (Å²) in [5.41, 5.74) is -2.38. The van der Waals surface area contributed by atoms with Gasteiger partial charge in [0.15, 0.2) is 0 Å². The molecule has 204 valence electrons. The van der Waals surface area contributed by atoms with Crippen molar-refractivity contribution >= 4 is 11.6 Å². The largest absolute Gasteiger partial charge is 0.416 e. The molecule has 2 aliphatic heterocycles. The highest BCUT2D eigenvalue weighted by Gasteiger charge is 2.42. The van der Waals surface area contributed by atoms with Gasteiger partial charge < -0.3 is 4.74 Å². The van der Waals surface area contributed by atoms with E-state index in [9.17, 15) is 35.5 Å². The highest BCUT2D eigenvalue weighted by Crippen LogP contribution is 2.43. The molecule has 5 nitrogen and oxygen atoms in total. The zero-order chi connectivity index (χ0) is 27.9. The number of carbonyl (C=O) groups is 1. The van der Waals surface area contributed by atoms with E-state index in [2.05, 4.69) is 16.9 Å². The van der Waals surface area contributed by atoms with Gasteiger partial charge in [0.2, 0.25) is 5.91 Å². The lowest BCUT2D eigenvalue weighted by Gasteiger charge is -2.26. The Labute approximate surface area is 218 Å². The first kappa shape index (κ1) is 26.7. The molecule has 0 aliphatic carbocycles. The van der Waals surface area contributed by atoms with Crippen molar-refractivity contribution < 1.29 is 40.3 Å². The molecule has 0 bridgehead atoms. The fourth-order valence-corrected chi connectivity index (χ4v) is 4.68. The van der Waals surface area contributed by atoms with Crippen molar-refractivity contribution in [3.05, 3.63) is 82.4 Å². The molecule has 39 heavy (non-hydrogen) atoms. The molecule has 2 aromatic carbocycles. The van der Waals surface area contributed by atoms with Crippen molar-refractivity contribution in [3.63, 3.8) is 0 Å². The Kier molecular flexibility index (Phi) is 6.88. The van der Waals surface area contributed by atoms with E-state index < -0.39 is 46.7 Å². The van der Waals surface area contributed by atoms with Crippen LogP contribution in [0.2, 0.25) is 0 Å². The average molecular weight is 551 g/mol. The molecule has 0 radical (unpaired) electrons. The quantitative estimate of drug-likeness (QED) is 0.308. The zero-order valence-electron chi connectivity index (χ0n) is 20.1. The minimum atomic E-state index is -5.14. The second-order valence-electron chi connectivity index (χ2n) is 9.29. The zero-order valence-corrected chi connectivity index (χ0v) is 20.1. The highest BCUT2D eigenvalue weighted by atomic mass is 19.4. The monoisotopic (exact) mass is 551 g/mol. The third-order valence-electron chi connectivity index (χ3n) is 6.73. The molecule has 0 N–H and O–H groups in total. The smallest absolute Gasteiger partial charge is 0.377 e. The fraction of sp³-hybridized carbons (Fsp3) is 0.333. The lowest BCUT2D eigenvalue weighted by molar-refractivity contribution is -0.143. The summed E-state index contributed by atoms with van der Waals surface area (Å²) < 4.78 is 102. The number of halogens is 7. The van der Waals surface area contributed by atoms with Gasteiger partial charge in [-0.15, -0.1) is 0 Å². The molecule has 1 atom stereocenters. The van der Waals surface area contributed by atoms with Crippen molar-refractivity contribution in [1.82, 2.24) is 9.78 Å². The summed E-state index contributed by atoms with van der Waals surface area (Å²) in [4.78, 5) is 14.8. The number of aryl methyl sites for hydroxylation is 1. The molecule has 1 aromatic heterocycles. The molecule has 2 aliphatic rings. The van der Waals surface area contributed by atoms with Crippen LogP contribution in [-0.4, -0.2) is 35.4 Å². The molecule has 3 heterocycles. The molecule has 1 amide bonds. The standard InChI is InChI=1S/C27H20F7N3O2/c28-19-5-8-24-17(10-19)3-6-22(21-7-4-18(26(29,30)31)11-23(21)27(32,33)34)25(38)36(24)9-1-2-16-12-35-37(13-16)20-14-39-15-20/h4-5,7-8,10-13,20,22H,3,6,9,14-15H2. The van der Waals surface area contributed by atoms with E-state index in [4.69, 9.17) is 4.74 Å². The van der Waals surface area contributed by atoms with Crippen LogP contribution in [0.15, 0.2) is 48.8 Å². The molecule has 5 rings (SSSR count). The van der Waals surface area contributed by atoms with E-state index >= 15 is 0 Å². The number of hydrogen-bond acceptors (Lipinski definition) is 3. The van der Waals surface area contributed by atoms with Gasteiger partial charge >= 0.3 is 12.4 Å². The van der Waals surface area contributed by atoms with Crippen LogP contribution in [0.3, 0.4) is 0 Å². The molecule has 1 saturated heterocycles. The predicted molar refractivity (Wildman–Crippen MR) is 125 cm³/mol. The SMILES string of the molecule is O=C1C(c2ccc(C(F)(F)F)cc2C(F)(F)F)CCc2cc(F)ccc2N1CC#Cc1cnn(C2COC2)c1. The Morgan fingerprint density at radius 2 is 1.79 bits per heavy atom. The number of fused-ring (bicyclic) bond motifs is 1. The number of alkyl halides is 6. The second-order valence-corrected chi connectivity index (χ2v) is 9.29. The molecular formula is C27H20F7N3O2. The average Bonchev–Trinajstić information content (AvgIpc) is 3.22. The van der Waals surface area contributed by atoms with Crippen LogP contribution < -0.4 is 4.90 Å². The van der Waals surface area contributed by atoms with Gasteiger partial charge in [-0.1, -0.05) is 17.9 Å². The minimum Gasteiger partial charge on any atom is -0.377 e. The summed E-state index contributed by atoms with van der Waals surface area (Å²) in [5, 5.41) is 4.21. The van der Waals surface area contributed by atoms with E-state index in [1.54, 1.807) is 10.9 Å². The molecule has 0 spiro atoms. The van der Waals surface area contributed by atoms with Crippen LogP contribution >= 0.6 is 0 Å². The summed E-state index contributed by atoms with van der Waals surface area (Å²) in [5.74, 6) is 2.89. The van der Waals surface area contributed by atoms with Crippen LogP contribution in [0, 0.1) is 17.7 Å². The minimum absolute atomic E-state index is 0.0231. The number of rotatable bonds is 3. The molecule has 12 heteroatoms. The first-order chi connectivity index (χ1) is 18.4. The van der Waals surface area contributed by atoms with E-state index in [1.165, 1.54) is 18.3 Å². The highest BCUT2D eigenvalue weighted by molar-refractivity contribution is 6.00. The van der Waals surface area contributed by atoms with E-state index in [0.717, 1.165) is 11.0 Å². The third kappa shape index (κ3) is 5.49. The maximum Gasteiger partial charge on any atom is 0.416 e. The molecule has 0 saturated carbocycles. The van der Waals surface area contributed by atoms with Crippen molar-refractivity contribution in [1.29, 1.82) is 0 Å². The molecule has 3 aromatic rings. The number of ether oxygens (including phenoxy) is 1. The van der Waals surface area contributed by atoms with Crippen molar-refractivity contribution in [2.45, 2.75) is 37.2 Å². The van der Waals surface area contributed by atoms with Gasteiger partial charge in [0, 0.05) is 11.9 Å². The molecular weight excluding hydrogens is 531 g/mol. The lowest BCUT2D eigenvalue weighted by Crippen LogP contribution is -2.35. The van der Waals surface area contributed by atoms with E-state index in [0.29, 0.717) is 36.5 Å². The number of nitrogens with zero attached hydrogens (tertiary/aromatic N) is 3. The number of anilines is 1. The summed E-state index contributed by atoms with van der Waals surface area (Å²) in [7, 11) is 0. The second kappa shape index (κ2) is 10.0. The van der Waals surface area contributed by atoms with Gasteiger partial charge in [0.25, 0.3) is 0 Å². The topological polar surface area (TPSA) is 47.4 Å². The Hall–Kier alpha value is -3.85. The number of carbonyl (C=O) groups excluding carboxylic acids is 1. The summed E-state index contributed by atoms with van der Waals surface area (Å²) >= 11 is 0. The number of aromatic nitrogens is 2. The molecule has 1 unspecified atom stereocenters.